The van der Waals surface area contributed by atoms with E-state index in [0.29, 0.717) is 37.0 Å². The molecular formula is C22H24N6O2. The molecule has 1 aromatic carbocycles. The van der Waals surface area contributed by atoms with Crippen molar-refractivity contribution in [2.45, 2.75) is 43.9 Å². The Morgan fingerprint density at radius 2 is 2.07 bits per heavy atom. The van der Waals surface area contributed by atoms with Crippen LogP contribution in [0.3, 0.4) is 0 Å². The third-order valence-corrected chi connectivity index (χ3v) is 6.24. The van der Waals surface area contributed by atoms with Crippen molar-refractivity contribution < 1.29 is 9.32 Å². The van der Waals surface area contributed by atoms with E-state index in [1.54, 1.807) is 0 Å². The van der Waals surface area contributed by atoms with Gasteiger partial charge < -0.3 is 15.2 Å². The van der Waals surface area contributed by atoms with Gasteiger partial charge in [-0.25, -0.2) is 9.97 Å². The lowest BCUT2D eigenvalue weighted by Gasteiger charge is -2.40. The number of nitrogen functional groups attached to an aromatic ring is 1. The third-order valence-electron chi connectivity index (χ3n) is 6.24. The zero-order chi connectivity index (χ0) is 20.6. The predicted octanol–water partition coefficient (Wildman–Crippen LogP) is 2.55. The quantitative estimate of drug-likeness (QED) is 0.711. The van der Waals surface area contributed by atoms with Gasteiger partial charge >= 0.3 is 0 Å². The SMILES string of the molecule is Nc1ncc2c(n1)C1(CCCN(C(=O)CCc3nc(-c4ccccc4)no3)C1)CC2. The van der Waals surface area contributed by atoms with Crippen LogP contribution in [0.1, 0.15) is 42.8 Å². The van der Waals surface area contributed by atoms with Crippen molar-refractivity contribution >= 4 is 11.9 Å². The van der Waals surface area contributed by atoms with Crippen LogP contribution in [0.2, 0.25) is 0 Å². The molecular weight excluding hydrogens is 380 g/mol. The highest BCUT2D eigenvalue weighted by atomic mass is 16.5. The molecule has 2 aliphatic rings. The molecule has 3 heterocycles. The normalized spacial score (nSPS) is 20.5. The number of piperidine rings is 1. The molecule has 30 heavy (non-hydrogen) atoms. The summed E-state index contributed by atoms with van der Waals surface area (Å²) in [4.78, 5) is 28.0. The number of fused-ring (bicyclic) bond motifs is 2. The van der Waals surface area contributed by atoms with E-state index < -0.39 is 0 Å². The lowest BCUT2D eigenvalue weighted by Crippen LogP contribution is -2.48. The Morgan fingerprint density at radius 1 is 1.20 bits per heavy atom. The molecule has 3 aromatic rings. The van der Waals surface area contributed by atoms with E-state index in [1.165, 1.54) is 0 Å². The maximum Gasteiger partial charge on any atom is 0.227 e. The van der Waals surface area contributed by atoms with Gasteiger partial charge in [0.2, 0.25) is 23.6 Å². The lowest BCUT2D eigenvalue weighted by molar-refractivity contribution is -0.133. The molecule has 154 valence electrons. The fraction of sp³-hybridized carbons (Fsp3) is 0.409. The maximum atomic E-state index is 12.9. The number of aromatic nitrogens is 4. The van der Waals surface area contributed by atoms with E-state index in [4.69, 9.17) is 10.3 Å². The molecule has 1 spiro atoms. The first-order valence-electron chi connectivity index (χ1n) is 10.4. The minimum atomic E-state index is -0.0920. The van der Waals surface area contributed by atoms with Gasteiger partial charge in [-0.15, -0.1) is 0 Å². The van der Waals surface area contributed by atoms with E-state index in [1.807, 2.05) is 41.4 Å². The summed E-state index contributed by atoms with van der Waals surface area (Å²) in [7, 11) is 0. The summed E-state index contributed by atoms with van der Waals surface area (Å²) >= 11 is 0. The summed E-state index contributed by atoms with van der Waals surface area (Å²) in [5, 5.41) is 4.03. The number of benzene rings is 1. The fourth-order valence-electron chi connectivity index (χ4n) is 4.73. The highest BCUT2D eigenvalue weighted by molar-refractivity contribution is 5.76. The number of amides is 1. The molecule has 2 aromatic heterocycles. The average Bonchev–Trinajstić information content (AvgIpc) is 3.38. The number of nitrogens with two attached hydrogens (primary N) is 1. The topological polar surface area (TPSA) is 111 Å². The molecule has 8 heteroatoms. The molecule has 1 unspecified atom stereocenters. The maximum absolute atomic E-state index is 12.9. The van der Waals surface area contributed by atoms with E-state index in [0.717, 1.165) is 49.0 Å². The summed E-state index contributed by atoms with van der Waals surface area (Å²) in [6.07, 6.45) is 6.57. The molecule has 1 saturated heterocycles. The van der Waals surface area contributed by atoms with Crippen LogP contribution in [0, 0.1) is 0 Å². The van der Waals surface area contributed by atoms with Crippen molar-refractivity contribution in [1.29, 1.82) is 0 Å². The van der Waals surface area contributed by atoms with Gasteiger partial charge in [0.15, 0.2) is 0 Å². The van der Waals surface area contributed by atoms with Crippen LogP contribution >= 0.6 is 0 Å². The standard InChI is InChI=1S/C22H24N6O2/c23-21-24-13-16-9-11-22(19(16)26-21)10-4-12-28(14-22)18(29)8-7-17-25-20(27-30-17)15-5-2-1-3-6-15/h1-3,5-6,13H,4,7-12,14H2,(H2,23,24,26). The van der Waals surface area contributed by atoms with E-state index in [-0.39, 0.29) is 11.3 Å². The van der Waals surface area contributed by atoms with Crippen LogP contribution in [0.5, 0.6) is 0 Å². The second kappa shape index (κ2) is 7.51. The Morgan fingerprint density at radius 3 is 2.93 bits per heavy atom. The summed E-state index contributed by atoms with van der Waals surface area (Å²) in [6, 6.07) is 9.67. The van der Waals surface area contributed by atoms with Gasteiger partial charge in [-0.2, -0.15) is 4.98 Å². The van der Waals surface area contributed by atoms with Gasteiger partial charge in [0.25, 0.3) is 0 Å². The van der Waals surface area contributed by atoms with Gasteiger partial charge in [-0.05, 0) is 31.2 Å². The van der Waals surface area contributed by atoms with Gasteiger partial charge in [-0.1, -0.05) is 35.5 Å². The first-order valence-corrected chi connectivity index (χ1v) is 10.4. The summed E-state index contributed by atoms with van der Waals surface area (Å²) in [5.41, 5.74) is 8.86. The zero-order valence-corrected chi connectivity index (χ0v) is 16.8. The number of rotatable bonds is 4. The van der Waals surface area contributed by atoms with Crippen LogP contribution in [0.25, 0.3) is 11.4 Å². The molecule has 1 amide bonds. The van der Waals surface area contributed by atoms with Gasteiger partial charge in [0, 0.05) is 43.1 Å². The molecule has 8 nitrogen and oxygen atoms in total. The third kappa shape index (κ3) is 3.42. The summed E-state index contributed by atoms with van der Waals surface area (Å²) in [6.45, 7) is 1.46. The van der Waals surface area contributed by atoms with E-state index in [2.05, 4.69) is 20.1 Å². The largest absolute Gasteiger partial charge is 0.368 e. The second-order valence-electron chi connectivity index (χ2n) is 8.18. The first kappa shape index (κ1) is 18.7. The molecule has 0 radical (unpaired) electrons. The molecule has 1 fully saturated rings. The minimum Gasteiger partial charge on any atom is -0.368 e. The monoisotopic (exact) mass is 404 g/mol. The number of nitrogens with zero attached hydrogens (tertiary/aromatic N) is 5. The Bertz CT molecular complexity index is 1060. The Kier molecular flexibility index (Phi) is 4.69. The number of anilines is 1. The van der Waals surface area contributed by atoms with Crippen molar-refractivity contribution in [3.8, 4) is 11.4 Å². The van der Waals surface area contributed by atoms with Crippen molar-refractivity contribution in [2.24, 2.45) is 0 Å². The Balaban J connectivity index is 1.25. The fourth-order valence-corrected chi connectivity index (χ4v) is 4.73. The van der Waals surface area contributed by atoms with Crippen molar-refractivity contribution in [3.63, 3.8) is 0 Å². The van der Waals surface area contributed by atoms with E-state index >= 15 is 0 Å². The number of carbonyl (C=O) groups is 1. The number of hydrogen-bond donors (Lipinski definition) is 1. The number of aryl methyl sites for hydroxylation is 2. The Labute approximate surface area is 174 Å². The first-order chi connectivity index (χ1) is 14.6. The highest BCUT2D eigenvalue weighted by Crippen LogP contribution is 2.44. The predicted molar refractivity (Wildman–Crippen MR) is 110 cm³/mol. The molecule has 1 aliphatic heterocycles. The molecule has 0 saturated carbocycles. The molecule has 2 N–H and O–H groups in total. The molecule has 1 aliphatic carbocycles. The molecule has 5 rings (SSSR count). The zero-order valence-electron chi connectivity index (χ0n) is 16.8. The average molecular weight is 404 g/mol. The smallest absolute Gasteiger partial charge is 0.227 e. The Hall–Kier alpha value is -3.29. The van der Waals surface area contributed by atoms with Crippen LogP contribution in [-0.2, 0) is 23.1 Å². The van der Waals surface area contributed by atoms with Crippen LogP contribution in [-0.4, -0.2) is 44.0 Å². The second-order valence-corrected chi connectivity index (χ2v) is 8.18. The van der Waals surface area contributed by atoms with Gasteiger partial charge in [0.05, 0.1) is 5.69 Å². The van der Waals surface area contributed by atoms with Crippen LogP contribution in [0.4, 0.5) is 5.95 Å². The highest BCUT2D eigenvalue weighted by Gasteiger charge is 2.44. The van der Waals surface area contributed by atoms with Gasteiger partial charge in [0.1, 0.15) is 0 Å². The minimum absolute atomic E-state index is 0.0920. The molecule has 1 atom stereocenters. The lowest BCUT2D eigenvalue weighted by atomic mass is 9.77. The van der Waals surface area contributed by atoms with Crippen LogP contribution in [0.15, 0.2) is 41.1 Å². The van der Waals surface area contributed by atoms with Crippen LogP contribution < -0.4 is 5.73 Å². The summed E-state index contributed by atoms with van der Waals surface area (Å²) in [5.74, 6) is 1.46. The van der Waals surface area contributed by atoms with Crippen molar-refractivity contribution in [2.75, 3.05) is 18.8 Å². The van der Waals surface area contributed by atoms with Crippen molar-refractivity contribution in [3.05, 3.63) is 53.7 Å². The van der Waals surface area contributed by atoms with Crippen molar-refractivity contribution in [1.82, 2.24) is 25.0 Å². The van der Waals surface area contributed by atoms with E-state index in [9.17, 15) is 4.79 Å². The number of likely N-dealkylation sites (tertiary alicyclic amines) is 1. The summed E-state index contributed by atoms with van der Waals surface area (Å²) < 4.78 is 5.35. The molecule has 0 bridgehead atoms. The van der Waals surface area contributed by atoms with Gasteiger partial charge in [-0.3, -0.25) is 4.79 Å². The number of carbonyl (C=O) groups excluding carboxylic acids is 1. The number of hydrogen-bond acceptors (Lipinski definition) is 7.